The van der Waals surface area contributed by atoms with Crippen LogP contribution in [0.1, 0.15) is 0 Å². The molecule has 1 heterocycles. The first-order valence-electron chi connectivity index (χ1n) is 5.10. The van der Waals surface area contributed by atoms with Gasteiger partial charge in [0, 0.05) is 10.2 Å². The number of aliphatic carboxylic acids is 1. The van der Waals surface area contributed by atoms with Gasteiger partial charge in [-0.05, 0) is 24.3 Å². The third kappa shape index (κ3) is 2.65. The highest BCUT2D eigenvalue weighted by atomic mass is 79.9. The van der Waals surface area contributed by atoms with Crippen molar-refractivity contribution in [2.45, 2.75) is 6.04 Å². The third-order valence-corrected chi connectivity index (χ3v) is 3.13. The summed E-state index contributed by atoms with van der Waals surface area (Å²) in [7, 11) is 0. The fraction of sp³-hybridized carbons (Fsp3) is 0.273. The summed E-state index contributed by atoms with van der Waals surface area (Å²) in [4.78, 5) is 24.1. The molecular formula is C11H11BrN2O3. The number of amides is 1. The Morgan fingerprint density at radius 1 is 1.41 bits per heavy atom. The van der Waals surface area contributed by atoms with E-state index in [-0.39, 0.29) is 19.0 Å². The van der Waals surface area contributed by atoms with Crippen molar-refractivity contribution in [1.29, 1.82) is 0 Å². The smallest absolute Gasteiger partial charge is 0.322 e. The van der Waals surface area contributed by atoms with Crippen LogP contribution in [0.4, 0.5) is 5.69 Å². The summed E-state index contributed by atoms with van der Waals surface area (Å²) in [5.41, 5.74) is 0.714. The Balaban J connectivity index is 2.20. The largest absolute Gasteiger partial charge is 0.480 e. The number of nitrogens with one attached hydrogen (secondary N) is 1. The molecule has 2 rings (SSSR count). The molecule has 2 N–H and O–H groups in total. The Morgan fingerprint density at radius 3 is 2.65 bits per heavy atom. The van der Waals surface area contributed by atoms with E-state index in [2.05, 4.69) is 21.2 Å². The molecule has 0 saturated carbocycles. The minimum atomic E-state index is -0.945. The molecule has 0 aromatic heterocycles. The number of rotatable bonds is 2. The molecule has 1 aromatic rings. The maximum Gasteiger partial charge on any atom is 0.322 e. The van der Waals surface area contributed by atoms with Crippen LogP contribution in [0.3, 0.4) is 0 Å². The van der Waals surface area contributed by atoms with Crippen molar-refractivity contribution >= 4 is 33.5 Å². The normalized spacial score (nSPS) is 20.4. The second kappa shape index (κ2) is 4.85. The van der Waals surface area contributed by atoms with Crippen molar-refractivity contribution < 1.29 is 14.7 Å². The van der Waals surface area contributed by atoms with Gasteiger partial charge in [-0.2, -0.15) is 0 Å². The Bertz CT molecular complexity index is 447. The van der Waals surface area contributed by atoms with Gasteiger partial charge in [0.1, 0.15) is 6.04 Å². The SMILES string of the molecule is O=C(O)C1CN(c2ccc(Br)cc2)C(=O)CN1. The molecular weight excluding hydrogens is 288 g/mol. The van der Waals surface area contributed by atoms with Crippen molar-refractivity contribution in [3.05, 3.63) is 28.7 Å². The Morgan fingerprint density at radius 2 is 2.06 bits per heavy atom. The van der Waals surface area contributed by atoms with E-state index in [1.54, 1.807) is 12.1 Å². The highest BCUT2D eigenvalue weighted by Gasteiger charge is 2.30. The summed E-state index contributed by atoms with van der Waals surface area (Å²) in [5, 5.41) is 11.6. The van der Waals surface area contributed by atoms with E-state index >= 15 is 0 Å². The topological polar surface area (TPSA) is 69.6 Å². The number of carbonyl (C=O) groups excluding carboxylic acids is 1. The van der Waals surface area contributed by atoms with Crippen LogP contribution in [-0.2, 0) is 9.59 Å². The van der Waals surface area contributed by atoms with Crippen molar-refractivity contribution in [2.24, 2.45) is 0 Å². The summed E-state index contributed by atoms with van der Waals surface area (Å²) < 4.78 is 0.915. The lowest BCUT2D eigenvalue weighted by molar-refractivity contribution is -0.139. The van der Waals surface area contributed by atoms with Crippen LogP contribution in [-0.4, -0.2) is 36.1 Å². The maximum atomic E-state index is 11.7. The monoisotopic (exact) mass is 298 g/mol. The van der Waals surface area contributed by atoms with E-state index in [4.69, 9.17) is 5.11 Å². The highest BCUT2D eigenvalue weighted by Crippen LogP contribution is 2.20. The number of hydrogen-bond acceptors (Lipinski definition) is 3. The fourth-order valence-corrected chi connectivity index (χ4v) is 1.96. The van der Waals surface area contributed by atoms with Gasteiger partial charge in [0.25, 0.3) is 0 Å². The lowest BCUT2D eigenvalue weighted by Crippen LogP contribution is -2.57. The summed E-state index contributed by atoms with van der Waals surface area (Å²) in [6.45, 7) is 0.197. The number of carboxylic acid groups (broad SMARTS) is 1. The van der Waals surface area contributed by atoms with Crippen molar-refractivity contribution in [1.82, 2.24) is 5.32 Å². The Hall–Kier alpha value is -1.40. The molecule has 0 bridgehead atoms. The van der Waals surface area contributed by atoms with Crippen LogP contribution in [0.2, 0.25) is 0 Å². The number of benzene rings is 1. The molecule has 1 saturated heterocycles. The number of nitrogens with zero attached hydrogens (tertiary/aromatic N) is 1. The van der Waals surface area contributed by atoms with Crippen LogP contribution < -0.4 is 10.2 Å². The van der Waals surface area contributed by atoms with E-state index in [0.29, 0.717) is 5.69 Å². The molecule has 1 unspecified atom stereocenters. The van der Waals surface area contributed by atoms with E-state index in [9.17, 15) is 9.59 Å². The van der Waals surface area contributed by atoms with Crippen molar-refractivity contribution in [2.75, 3.05) is 18.0 Å². The molecule has 1 aromatic carbocycles. The standard InChI is InChI=1S/C11H11BrN2O3/c12-7-1-3-8(4-2-7)14-6-9(11(16)17)13-5-10(14)15/h1-4,9,13H,5-6H2,(H,16,17). The third-order valence-electron chi connectivity index (χ3n) is 2.60. The summed E-state index contributed by atoms with van der Waals surface area (Å²) in [6, 6.07) is 6.50. The fourth-order valence-electron chi connectivity index (χ4n) is 1.69. The van der Waals surface area contributed by atoms with Gasteiger partial charge in [-0.15, -0.1) is 0 Å². The molecule has 17 heavy (non-hydrogen) atoms. The number of halogens is 1. The molecule has 90 valence electrons. The predicted octanol–water partition coefficient (Wildman–Crippen LogP) is 0.839. The van der Waals surface area contributed by atoms with Crippen LogP contribution in [0.5, 0.6) is 0 Å². The van der Waals surface area contributed by atoms with Gasteiger partial charge in [0.05, 0.1) is 13.1 Å². The first-order chi connectivity index (χ1) is 8.08. The van der Waals surface area contributed by atoms with Crippen LogP contribution in [0.15, 0.2) is 28.7 Å². The predicted molar refractivity (Wildman–Crippen MR) is 65.9 cm³/mol. The molecule has 0 spiro atoms. The molecule has 1 amide bonds. The van der Waals surface area contributed by atoms with E-state index in [1.807, 2.05) is 12.1 Å². The highest BCUT2D eigenvalue weighted by molar-refractivity contribution is 9.10. The zero-order valence-corrected chi connectivity index (χ0v) is 10.5. The zero-order chi connectivity index (χ0) is 12.4. The number of carbonyl (C=O) groups is 2. The summed E-state index contributed by atoms with van der Waals surface area (Å²) in [5.74, 6) is -1.07. The quantitative estimate of drug-likeness (QED) is 0.849. The lowest BCUT2D eigenvalue weighted by atomic mass is 10.2. The number of piperazine rings is 1. The van der Waals surface area contributed by atoms with Gasteiger partial charge in [-0.3, -0.25) is 14.9 Å². The first kappa shape index (κ1) is 12.1. The molecule has 6 heteroatoms. The van der Waals surface area contributed by atoms with Gasteiger partial charge in [-0.25, -0.2) is 0 Å². The van der Waals surface area contributed by atoms with E-state index in [0.717, 1.165) is 4.47 Å². The van der Waals surface area contributed by atoms with Crippen LogP contribution in [0, 0.1) is 0 Å². The molecule has 1 atom stereocenters. The second-order valence-corrected chi connectivity index (χ2v) is 4.67. The average Bonchev–Trinajstić information content (AvgIpc) is 2.31. The van der Waals surface area contributed by atoms with Gasteiger partial charge < -0.3 is 10.0 Å². The molecule has 1 aliphatic heterocycles. The number of anilines is 1. The minimum absolute atomic E-state index is 0.0486. The average molecular weight is 299 g/mol. The first-order valence-corrected chi connectivity index (χ1v) is 5.89. The van der Waals surface area contributed by atoms with Crippen LogP contribution >= 0.6 is 15.9 Å². The Labute approximate surface area is 107 Å². The van der Waals surface area contributed by atoms with Gasteiger partial charge in [-0.1, -0.05) is 15.9 Å². The Kier molecular flexibility index (Phi) is 3.44. The summed E-state index contributed by atoms with van der Waals surface area (Å²) >= 11 is 3.31. The van der Waals surface area contributed by atoms with Gasteiger partial charge >= 0.3 is 5.97 Å². The lowest BCUT2D eigenvalue weighted by Gasteiger charge is -2.31. The molecule has 0 aliphatic carbocycles. The molecule has 1 aliphatic rings. The summed E-state index contributed by atoms with van der Waals surface area (Å²) in [6.07, 6.45) is 0. The number of hydrogen-bond donors (Lipinski definition) is 2. The zero-order valence-electron chi connectivity index (χ0n) is 8.89. The molecule has 0 radical (unpaired) electrons. The maximum absolute atomic E-state index is 11.7. The van der Waals surface area contributed by atoms with Crippen molar-refractivity contribution in [3.63, 3.8) is 0 Å². The van der Waals surface area contributed by atoms with E-state index < -0.39 is 12.0 Å². The van der Waals surface area contributed by atoms with Gasteiger partial charge in [0.2, 0.25) is 5.91 Å². The van der Waals surface area contributed by atoms with Crippen LogP contribution in [0.25, 0.3) is 0 Å². The van der Waals surface area contributed by atoms with Gasteiger partial charge in [0.15, 0.2) is 0 Å². The number of carboxylic acids is 1. The molecule has 5 nitrogen and oxygen atoms in total. The second-order valence-electron chi connectivity index (χ2n) is 3.75. The minimum Gasteiger partial charge on any atom is -0.480 e. The van der Waals surface area contributed by atoms with E-state index in [1.165, 1.54) is 4.90 Å². The molecule has 1 fully saturated rings. The van der Waals surface area contributed by atoms with Crippen molar-refractivity contribution in [3.8, 4) is 0 Å².